The van der Waals surface area contributed by atoms with Crippen LogP contribution >= 0.6 is 0 Å². The molecule has 0 radical (unpaired) electrons. The molecule has 0 aliphatic heterocycles. The van der Waals surface area contributed by atoms with Crippen molar-refractivity contribution < 1.29 is 9.00 Å². The molecule has 2 N–H and O–H groups in total. The third-order valence-electron chi connectivity index (χ3n) is 2.21. The van der Waals surface area contributed by atoms with Gasteiger partial charge in [-0.3, -0.25) is 0 Å². The molecule has 18 heavy (non-hydrogen) atoms. The number of hydrogen-bond donors (Lipinski definition) is 2. The number of carbonyl (C=O) groups is 1. The van der Waals surface area contributed by atoms with Crippen molar-refractivity contribution >= 4 is 17.5 Å². The minimum absolute atomic E-state index is 0.217. The predicted octanol–water partition coefficient (Wildman–Crippen LogP) is 2.04. The normalized spacial score (nSPS) is 13.1. The lowest BCUT2D eigenvalue weighted by Gasteiger charge is -2.16. The monoisotopic (exact) mass is 270 g/mol. The van der Waals surface area contributed by atoms with Crippen LogP contribution in [0.15, 0.2) is 24.3 Å². The smallest absolute Gasteiger partial charge is 0.167 e. The van der Waals surface area contributed by atoms with Crippen LogP contribution in [0.4, 0.5) is 0 Å². The van der Waals surface area contributed by atoms with Crippen LogP contribution in [0.5, 0.6) is 0 Å². The molecule has 2 atom stereocenters. The second-order valence-corrected chi connectivity index (χ2v) is 4.64. The van der Waals surface area contributed by atoms with Crippen molar-refractivity contribution in [3.8, 4) is 0 Å². The van der Waals surface area contributed by atoms with Gasteiger partial charge in [-0.15, -0.1) is 0 Å². The first kappa shape index (κ1) is 17.0. The molecular formula is C13H22N2O2S. The van der Waals surface area contributed by atoms with Gasteiger partial charge in [-0.1, -0.05) is 43.7 Å². The van der Waals surface area contributed by atoms with E-state index in [1.807, 2.05) is 45.0 Å². The van der Waals surface area contributed by atoms with Crippen molar-refractivity contribution in [1.29, 1.82) is 0 Å². The molecule has 0 spiro atoms. The zero-order valence-corrected chi connectivity index (χ0v) is 12.2. The lowest BCUT2D eigenvalue weighted by atomic mass is 10.0. The highest BCUT2D eigenvalue weighted by Gasteiger charge is 2.12. The summed E-state index contributed by atoms with van der Waals surface area (Å²) in [7, 11) is 1.59. The highest BCUT2D eigenvalue weighted by atomic mass is 32.2. The molecule has 5 heteroatoms. The van der Waals surface area contributed by atoms with E-state index in [-0.39, 0.29) is 6.04 Å². The first-order chi connectivity index (χ1) is 8.67. The zero-order valence-electron chi connectivity index (χ0n) is 11.4. The summed E-state index contributed by atoms with van der Waals surface area (Å²) in [4.78, 5) is 10.6. The molecule has 0 saturated heterocycles. The molecule has 0 fully saturated rings. The van der Waals surface area contributed by atoms with Gasteiger partial charge in [-0.25, -0.2) is 13.7 Å². The van der Waals surface area contributed by atoms with E-state index in [0.717, 1.165) is 17.4 Å². The molecule has 0 aliphatic rings. The highest BCUT2D eigenvalue weighted by Crippen LogP contribution is 2.17. The molecule has 0 amide bonds. The molecule has 102 valence electrons. The average molecular weight is 270 g/mol. The SMILES string of the molecule is CC.CNS(=O)NC(CC=O)c1cccc(C)c1. The largest absolute Gasteiger partial charge is 0.303 e. The van der Waals surface area contributed by atoms with Gasteiger partial charge < -0.3 is 4.79 Å². The van der Waals surface area contributed by atoms with E-state index in [1.165, 1.54) is 0 Å². The standard InChI is InChI=1S/C11H16N2O2S.C2H6/c1-9-4-3-5-10(8-9)11(6-7-14)13-16(15)12-2;1-2/h3-5,7-8,11-13H,6H2,1-2H3;1-2H3. The first-order valence-electron chi connectivity index (χ1n) is 6.03. The van der Waals surface area contributed by atoms with Gasteiger partial charge in [-0.05, 0) is 19.5 Å². The third kappa shape index (κ3) is 6.05. The van der Waals surface area contributed by atoms with Gasteiger partial charge in [0.15, 0.2) is 11.2 Å². The summed E-state index contributed by atoms with van der Waals surface area (Å²) < 4.78 is 16.8. The Labute approximate surface area is 112 Å². The van der Waals surface area contributed by atoms with E-state index in [0.29, 0.717) is 6.42 Å². The van der Waals surface area contributed by atoms with Crippen molar-refractivity contribution in [3.05, 3.63) is 35.4 Å². The number of benzene rings is 1. The fraction of sp³-hybridized carbons (Fsp3) is 0.462. The number of rotatable bonds is 6. The lowest BCUT2D eigenvalue weighted by molar-refractivity contribution is -0.108. The van der Waals surface area contributed by atoms with Crippen LogP contribution in [0.1, 0.15) is 37.4 Å². The van der Waals surface area contributed by atoms with Gasteiger partial charge in [0.05, 0.1) is 6.04 Å². The minimum atomic E-state index is -1.32. The number of nitrogens with one attached hydrogen (secondary N) is 2. The van der Waals surface area contributed by atoms with E-state index in [4.69, 9.17) is 0 Å². The maximum Gasteiger partial charge on any atom is 0.167 e. The van der Waals surface area contributed by atoms with Crippen molar-refractivity contribution in [2.75, 3.05) is 7.05 Å². The first-order valence-corrected chi connectivity index (χ1v) is 7.18. The Hall–Kier alpha value is -1.04. The Balaban J connectivity index is 0.00000137. The van der Waals surface area contributed by atoms with Gasteiger partial charge in [0, 0.05) is 6.42 Å². The molecule has 0 saturated carbocycles. The van der Waals surface area contributed by atoms with Crippen molar-refractivity contribution in [1.82, 2.24) is 9.44 Å². The lowest BCUT2D eigenvalue weighted by Crippen LogP contribution is -2.31. The van der Waals surface area contributed by atoms with Gasteiger partial charge >= 0.3 is 0 Å². The van der Waals surface area contributed by atoms with Gasteiger partial charge in [-0.2, -0.15) is 0 Å². The molecule has 4 nitrogen and oxygen atoms in total. The summed E-state index contributed by atoms with van der Waals surface area (Å²) in [5.74, 6) is 0. The van der Waals surface area contributed by atoms with Crippen molar-refractivity contribution in [2.24, 2.45) is 0 Å². The predicted molar refractivity (Wildman–Crippen MR) is 76.3 cm³/mol. The van der Waals surface area contributed by atoms with Crippen molar-refractivity contribution in [2.45, 2.75) is 33.2 Å². The molecule has 1 aromatic rings. The minimum Gasteiger partial charge on any atom is -0.303 e. The van der Waals surface area contributed by atoms with Crippen LogP contribution in [-0.4, -0.2) is 17.5 Å². The summed E-state index contributed by atoms with van der Waals surface area (Å²) in [5.41, 5.74) is 2.08. The molecule has 0 aromatic heterocycles. The Morgan fingerprint density at radius 1 is 1.39 bits per heavy atom. The molecule has 1 rings (SSSR count). The third-order valence-corrected chi connectivity index (χ3v) is 3.08. The van der Waals surface area contributed by atoms with Crippen LogP contribution < -0.4 is 9.44 Å². The maximum absolute atomic E-state index is 11.3. The molecule has 1 aromatic carbocycles. The van der Waals surface area contributed by atoms with Gasteiger partial charge in [0.25, 0.3) is 0 Å². The van der Waals surface area contributed by atoms with Crippen LogP contribution in [0.3, 0.4) is 0 Å². The number of aryl methyl sites for hydroxylation is 1. The van der Waals surface area contributed by atoms with Crippen molar-refractivity contribution in [3.63, 3.8) is 0 Å². The number of aldehydes is 1. The van der Waals surface area contributed by atoms with E-state index in [2.05, 4.69) is 9.44 Å². The molecular weight excluding hydrogens is 248 g/mol. The fourth-order valence-corrected chi connectivity index (χ4v) is 2.03. The van der Waals surface area contributed by atoms with Crippen LogP contribution in [-0.2, 0) is 16.0 Å². The van der Waals surface area contributed by atoms with Crippen LogP contribution in [0, 0.1) is 6.92 Å². The molecule has 0 aliphatic carbocycles. The number of hydrogen-bond acceptors (Lipinski definition) is 2. The van der Waals surface area contributed by atoms with Crippen LogP contribution in [0.25, 0.3) is 0 Å². The summed E-state index contributed by atoms with van der Waals surface area (Å²) >= 11 is -1.32. The summed E-state index contributed by atoms with van der Waals surface area (Å²) in [5, 5.41) is 0. The Morgan fingerprint density at radius 2 is 2.06 bits per heavy atom. The molecule has 2 unspecified atom stereocenters. The Kier molecular flexibility index (Phi) is 9.36. The maximum atomic E-state index is 11.3. The van der Waals surface area contributed by atoms with Gasteiger partial charge in [0.2, 0.25) is 0 Å². The van der Waals surface area contributed by atoms with Gasteiger partial charge in [0.1, 0.15) is 6.29 Å². The van der Waals surface area contributed by atoms with E-state index >= 15 is 0 Å². The molecule has 0 bridgehead atoms. The number of carbonyl (C=O) groups excluding carboxylic acids is 1. The second kappa shape index (κ2) is 9.94. The molecule has 0 heterocycles. The summed E-state index contributed by atoms with van der Waals surface area (Å²) in [6.45, 7) is 5.98. The zero-order chi connectivity index (χ0) is 14.0. The summed E-state index contributed by atoms with van der Waals surface area (Å²) in [6.07, 6.45) is 1.13. The fourth-order valence-electron chi connectivity index (χ4n) is 1.42. The van der Waals surface area contributed by atoms with E-state index in [9.17, 15) is 9.00 Å². The van der Waals surface area contributed by atoms with E-state index in [1.54, 1.807) is 7.05 Å². The Bertz CT molecular complexity index is 383. The quantitative estimate of drug-likeness (QED) is 0.777. The topological polar surface area (TPSA) is 58.2 Å². The Morgan fingerprint density at radius 3 is 2.56 bits per heavy atom. The average Bonchev–Trinajstić information content (AvgIpc) is 2.40. The van der Waals surface area contributed by atoms with E-state index < -0.39 is 11.2 Å². The second-order valence-electron chi connectivity index (χ2n) is 3.46. The highest BCUT2D eigenvalue weighted by molar-refractivity contribution is 7.81. The summed E-state index contributed by atoms with van der Waals surface area (Å²) in [6, 6.07) is 7.59. The van der Waals surface area contributed by atoms with Crippen LogP contribution in [0.2, 0.25) is 0 Å².